The molecule has 1 unspecified atom stereocenters. The number of carbonyl (C=O) groups is 1. The summed E-state index contributed by atoms with van der Waals surface area (Å²) < 4.78 is 5.12. The molecule has 0 aromatic heterocycles. The molecule has 1 atom stereocenters. The summed E-state index contributed by atoms with van der Waals surface area (Å²) in [6.07, 6.45) is 1.81. The number of hydrogen-bond donors (Lipinski definition) is 1. The normalized spacial score (nSPS) is 11.7. The van der Waals surface area contributed by atoms with Crippen LogP contribution < -0.4 is 10.1 Å². The molecule has 3 nitrogen and oxygen atoms in total. The minimum Gasteiger partial charge on any atom is -0.497 e. The third-order valence-electron chi connectivity index (χ3n) is 3.45. The zero-order valence-electron chi connectivity index (χ0n) is 12.5. The first kappa shape index (κ1) is 15.1. The van der Waals surface area contributed by atoms with E-state index in [1.807, 2.05) is 54.6 Å². The van der Waals surface area contributed by atoms with E-state index in [1.54, 1.807) is 7.11 Å². The predicted molar refractivity (Wildman–Crippen MR) is 85.7 cm³/mol. The van der Waals surface area contributed by atoms with Gasteiger partial charge in [-0.05, 0) is 36.2 Å². The fourth-order valence-electron chi connectivity index (χ4n) is 2.33. The van der Waals surface area contributed by atoms with E-state index in [-0.39, 0.29) is 11.8 Å². The maximum absolute atomic E-state index is 12.5. The number of nitrogens with one attached hydrogen (secondary N) is 1. The topological polar surface area (TPSA) is 38.3 Å². The lowest BCUT2D eigenvalue weighted by Gasteiger charge is -2.16. The van der Waals surface area contributed by atoms with Crippen LogP contribution in [0.4, 0.5) is 5.69 Å². The van der Waals surface area contributed by atoms with Crippen molar-refractivity contribution >= 4 is 11.6 Å². The molecule has 21 heavy (non-hydrogen) atoms. The van der Waals surface area contributed by atoms with E-state index in [1.165, 1.54) is 0 Å². The number of methoxy groups -OCH3 is 1. The standard InChI is InChI=1S/C18H21NO2/c1-3-7-17(14-8-5-4-6-9-14)18(20)19-15-10-12-16(21-2)13-11-15/h4-6,8-13,17H,3,7H2,1-2H3,(H,19,20). The van der Waals surface area contributed by atoms with Crippen molar-refractivity contribution in [1.29, 1.82) is 0 Å². The second-order valence-electron chi connectivity index (χ2n) is 4.97. The molecular formula is C18H21NO2. The molecule has 2 aromatic rings. The molecular weight excluding hydrogens is 262 g/mol. The lowest BCUT2D eigenvalue weighted by Crippen LogP contribution is -2.21. The summed E-state index contributed by atoms with van der Waals surface area (Å²) in [5.41, 5.74) is 1.85. The van der Waals surface area contributed by atoms with Gasteiger partial charge in [-0.2, -0.15) is 0 Å². The summed E-state index contributed by atoms with van der Waals surface area (Å²) in [5.74, 6) is 0.702. The highest BCUT2D eigenvalue weighted by Crippen LogP contribution is 2.24. The van der Waals surface area contributed by atoms with Crippen molar-refractivity contribution in [2.75, 3.05) is 12.4 Å². The second kappa shape index (κ2) is 7.48. The maximum Gasteiger partial charge on any atom is 0.231 e. The van der Waals surface area contributed by atoms with E-state index in [9.17, 15) is 4.79 Å². The van der Waals surface area contributed by atoms with Gasteiger partial charge >= 0.3 is 0 Å². The van der Waals surface area contributed by atoms with Gasteiger partial charge in [-0.1, -0.05) is 43.7 Å². The van der Waals surface area contributed by atoms with Crippen molar-refractivity contribution < 1.29 is 9.53 Å². The van der Waals surface area contributed by atoms with Gasteiger partial charge in [0.15, 0.2) is 0 Å². The molecule has 0 spiro atoms. The van der Waals surface area contributed by atoms with E-state index < -0.39 is 0 Å². The second-order valence-corrected chi connectivity index (χ2v) is 4.97. The number of rotatable bonds is 6. The van der Waals surface area contributed by atoms with Crippen molar-refractivity contribution in [2.24, 2.45) is 0 Å². The van der Waals surface area contributed by atoms with Gasteiger partial charge < -0.3 is 10.1 Å². The quantitative estimate of drug-likeness (QED) is 0.862. The molecule has 1 amide bonds. The van der Waals surface area contributed by atoms with Crippen LogP contribution in [0.2, 0.25) is 0 Å². The zero-order chi connectivity index (χ0) is 15.1. The summed E-state index contributed by atoms with van der Waals surface area (Å²) in [4.78, 5) is 12.5. The highest BCUT2D eigenvalue weighted by molar-refractivity contribution is 5.95. The first-order valence-electron chi connectivity index (χ1n) is 7.24. The summed E-state index contributed by atoms with van der Waals surface area (Å²) in [6, 6.07) is 17.3. The van der Waals surface area contributed by atoms with Crippen molar-refractivity contribution in [3.63, 3.8) is 0 Å². The van der Waals surface area contributed by atoms with Crippen LogP contribution in [0.5, 0.6) is 5.75 Å². The van der Waals surface area contributed by atoms with Gasteiger partial charge in [0.25, 0.3) is 0 Å². The maximum atomic E-state index is 12.5. The van der Waals surface area contributed by atoms with E-state index in [4.69, 9.17) is 4.74 Å². The first-order chi connectivity index (χ1) is 10.2. The summed E-state index contributed by atoms with van der Waals surface area (Å²) in [5, 5.41) is 2.98. The van der Waals surface area contributed by atoms with Gasteiger partial charge in [0.05, 0.1) is 13.0 Å². The molecule has 0 radical (unpaired) electrons. The van der Waals surface area contributed by atoms with Gasteiger partial charge in [-0.3, -0.25) is 4.79 Å². The highest BCUT2D eigenvalue weighted by Gasteiger charge is 2.19. The summed E-state index contributed by atoms with van der Waals surface area (Å²) in [7, 11) is 1.63. The SMILES string of the molecule is CCCC(C(=O)Nc1ccc(OC)cc1)c1ccccc1. The lowest BCUT2D eigenvalue weighted by atomic mass is 9.93. The van der Waals surface area contributed by atoms with Gasteiger partial charge in [-0.15, -0.1) is 0 Å². The van der Waals surface area contributed by atoms with Crippen molar-refractivity contribution in [2.45, 2.75) is 25.7 Å². The molecule has 2 aromatic carbocycles. The van der Waals surface area contributed by atoms with Crippen LogP contribution in [-0.4, -0.2) is 13.0 Å². The van der Waals surface area contributed by atoms with Crippen molar-refractivity contribution in [3.8, 4) is 5.75 Å². The molecule has 3 heteroatoms. The number of benzene rings is 2. The van der Waals surface area contributed by atoms with Crippen molar-refractivity contribution in [1.82, 2.24) is 0 Å². The Labute approximate surface area is 126 Å². The Balaban J connectivity index is 2.11. The van der Waals surface area contributed by atoms with Crippen LogP contribution in [0.1, 0.15) is 31.2 Å². The molecule has 0 fully saturated rings. The Kier molecular flexibility index (Phi) is 5.38. The van der Waals surface area contributed by atoms with Crippen LogP contribution >= 0.6 is 0 Å². The summed E-state index contributed by atoms with van der Waals surface area (Å²) in [6.45, 7) is 2.09. The number of carbonyl (C=O) groups excluding carboxylic acids is 1. The fourth-order valence-corrected chi connectivity index (χ4v) is 2.33. The smallest absolute Gasteiger partial charge is 0.231 e. The van der Waals surface area contributed by atoms with Gasteiger partial charge in [0.1, 0.15) is 5.75 Å². The molecule has 0 heterocycles. The highest BCUT2D eigenvalue weighted by atomic mass is 16.5. The molecule has 0 bridgehead atoms. The minimum absolute atomic E-state index is 0.0354. The Morgan fingerprint density at radius 3 is 2.33 bits per heavy atom. The third kappa shape index (κ3) is 4.09. The number of amides is 1. The van der Waals surface area contributed by atoms with Gasteiger partial charge in [0, 0.05) is 5.69 Å². The lowest BCUT2D eigenvalue weighted by molar-refractivity contribution is -0.117. The van der Waals surface area contributed by atoms with Crippen LogP contribution in [0.15, 0.2) is 54.6 Å². The predicted octanol–water partition coefficient (Wildman–Crippen LogP) is 4.22. The van der Waals surface area contributed by atoms with Gasteiger partial charge in [-0.25, -0.2) is 0 Å². The molecule has 0 saturated carbocycles. The minimum atomic E-state index is -0.113. The average molecular weight is 283 g/mol. The Morgan fingerprint density at radius 1 is 1.10 bits per heavy atom. The number of ether oxygens (including phenoxy) is 1. The first-order valence-corrected chi connectivity index (χ1v) is 7.24. The largest absolute Gasteiger partial charge is 0.497 e. The van der Waals surface area contributed by atoms with E-state index in [2.05, 4.69) is 12.2 Å². The Bertz CT molecular complexity index is 564. The van der Waals surface area contributed by atoms with Crippen LogP contribution in [0, 0.1) is 0 Å². The van der Waals surface area contributed by atoms with E-state index in [0.29, 0.717) is 0 Å². The van der Waals surface area contributed by atoms with E-state index in [0.717, 1.165) is 29.8 Å². The van der Waals surface area contributed by atoms with Gasteiger partial charge in [0.2, 0.25) is 5.91 Å². The average Bonchev–Trinajstić information content (AvgIpc) is 2.54. The van der Waals surface area contributed by atoms with E-state index >= 15 is 0 Å². The molecule has 0 aliphatic heterocycles. The van der Waals surface area contributed by atoms with Crippen molar-refractivity contribution in [3.05, 3.63) is 60.2 Å². The third-order valence-corrected chi connectivity index (χ3v) is 3.45. The van der Waals surface area contributed by atoms with Crippen LogP contribution in [0.25, 0.3) is 0 Å². The molecule has 0 aliphatic rings. The Hall–Kier alpha value is -2.29. The number of anilines is 1. The molecule has 1 N–H and O–H groups in total. The number of hydrogen-bond acceptors (Lipinski definition) is 2. The van der Waals surface area contributed by atoms with Crippen LogP contribution in [0.3, 0.4) is 0 Å². The molecule has 0 aliphatic carbocycles. The van der Waals surface area contributed by atoms with Crippen LogP contribution in [-0.2, 0) is 4.79 Å². The fraction of sp³-hybridized carbons (Fsp3) is 0.278. The summed E-state index contributed by atoms with van der Waals surface area (Å²) >= 11 is 0. The molecule has 0 saturated heterocycles. The zero-order valence-corrected chi connectivity index (χ0v) is 12.5. The molecule has 110 valence electrons. The monoisotopic (exact) mass is 283 g/mol. The molecule has 2 rings (SSSR count). The Morgan fingerprint density at radius 2 is 1.76 bits per heavy atom.